The fraction of sp³-hybridized carbons (Fsp3) is 0.231. The second-order valence-electron chi connectivity index (χ2n) is 3.55. The molecule has 1 aromatic carbocycles. The number of phenols is 2. The molecule has 0 heterocycles. The van der Waals surface area contributed by atoms with Crippen molar-refractivity contribution in [2.24, 2.45) is 0 Å². The molecular weight excluding hydrogens is 234 g/mol. The zero-order valence-electron chi connectivity index (χ0n) is 9.88. The molecule has 0 atom stereocenters. The summed E-state index contributed by atoms with van der Waals surface area (Å²) in [5, 5.41) is 27.3. The maximum Gasteiger partial charge on any atom is 0.348 e. The number of esters is 1. The first kappa shape index (κ1) is 13.6. The van der Waals surface area contributed by atoms with Crippen molar-refractivity contribution in [3.63, 3.8) is 0 Å². The summed E-state index contributed by atoms with van der Waals surface area (Å²) in [4.78, 5) is 11.5. The van der Waals surface area contributed by atoms with E-state index in [-0.39, 0.29) is 23.7 Å². The van der Waals surface area contributed by atoms with Gasteiger partial charge in [0.15, 0.2) is 11.5 Å². The fourth-order valence-electron chi connectivity index (χ4n) is 1.21. The van der Waals surface area contributed by atoms with Gasteiger partial charge in [-0.3, -0.25) is 0 Å². The number of hydrogen-bond acceptors (Lipinski definition) is 5. The molecule has 94 valence electrons. The standard InChI is InChI=1S/C13H13NO4/c1-2-5-18-13(17)10(8-14)6-9-3-4-11(15)12(16)7-9/h3-4,6-7,15-16H,2,5H2,1H3. The van der Waals surface area contributed by atoms with Gasteiger partial charge in [0.05, 0.1) is 6.61 Å². The number of carbonyl (C=O) groups is 1. The van der Waals surface area contributed by atoms with Crippen LogP contribution in [0, 0.1) is 11.3 Å². The van der Waals surface area contributed by atoms with Crippen LogP contribution in [-0.2, 0) is 9.53 Å². The molecule has 0 fully saturated rings. The van der Waals surface area contributed by atoms with Crippen molar-refractivity contribution in [1.29, 1.82) is 5.26 Å². The van der Waals surface area contributed by atoms with Gasteiger partial charge in [0.2, 0.25) is 0 Å². The SMILES string of the molecule is CCCOC(=O)C(C#N)=Cc1ccc(O)c(O)c1. The summed E-state index contributed by atoms with van der Waals surface area (Å²) >= 11 is 0. The van der Waals surface area contributed by atoms with E-state index in [4.69, 9.17) is 15.1 Å². The molecule has 2 N–H and O–H groups in total. The Morgan fingerprint density at radius 1 is 1.44 bits per heavy atom. The van der Waals surface area contributed by atoms with Crippen LogP contribution in [0.2, 0.25) is 0 Å². The molecule has 5 nitrogen and oxygen atoms in total. The predicted molar refractivity (Wildman–Crippen MR) is 64.6 cm³/mol. The van der Waals surface area contributed by atoms with Crippen molar-refractivity contribution in [3.8, 4) is 17.6 Å². The Balaban J connectivity index is 2.94. The molecule has 0 aliphatic carbocycles. The van der Waals surface area contributed by atoms with E-state index in [9.17, 15) is 9.90 Å². The number of hydrogen-bond donors (Lipinski definition) is 2. The molecule has 18 heavy (non-hydrogen) atoms. The van der Waals surface area contributed by atoms with Gasteiger partial charge in [0.25, 0.3) is 0 Å². The average molecular weight is 247 g/mol. The van der Waals surface area contributed by atoms with Gasteiger partial charge in [-0.1, -0.05) is 13.0 Å². The molecule has 5 heteroatoms. The molecule has 0 spiro atoms. The Labute approximate surface area is 105 Å². The molecule has 0 amide bonds. The lowest BCUT2D eigenvalue weighted by Gasteiger charge is -2.02. The molecule has 1 rings (SSSR count). The van der Waals surface area contributed by atoms with Crippen LogP contribution in [-0.4, -0.2) is 22.8 Å². The zero-order valence-corrected chi connectivity index (χ0v) is 9.88. The number of aromatic hydroxyl groups is 2. The van der Waals surface area contributed by atoms with E-state index in [2.05, 4.69) is 0 Å². The minimum atomic E-state index is -0.702. The predicted octanol–water partition coefficient (Wildman–Crippen LogP) is 1.96. The summed E-state index contributed by atoms with van der Waals surface area (Å²) in [6, 6.07) is 5.73. The molecule has 0 saturated heterocycles. The summed E-state index contributed by atoms with van der Waals surface area (Å²) in [5.74, 6) is -1.28. The summed E-state index contributed by atoms with van der Waals surface area (Å²) in [6.45, 7) is 2.10. The Hall–Kier alpha value is -2.48. The normalized spacial score (nSPS) is 10.8. The van der Waals surface area contributed by atoms with Crippen LogP contribution < -0.4 is 0 Å². The quantitative estimate of drug-likeness (QED) is 0.367. The Morgan fingerprint density at radius 3 is 2.72 bits per heavy atom. The molecular formula is C13H13NO4. The Bertz CT molecular complexity index is 514. The highest BCUT2D eigenvalue weighted by atomic mass is 16.5. The first-order chi connectivity index (χ1) is 8.58. The second-order valence-corrected chi connectivity index (χ2v) is 3.55. The van der Waals surface area contributed by atoms with Crippen molar-refractivity contribution in [2.45, 2.75) is 13.3 Å². The van der Waals surface area contributed by atoms with E-state index in [1.807, 2.05) is 6.92 Å². The van der Waals surface area contributed by atoms with E-state index in [0.717, 1.165) is 0 Å². The number of carbonyl (C=O) groups excluding carboxylic acids is 1. The van der Waals surface area contributed by atoms with Crippen molar-refractivity contribution in [1.82, 2.24) is 0 Å². The first-order valence-corrected chi connectivity index (χ1v) is 5.39. The van der Waals surface area contributed by atoms with Gasteiger partial charge >= 0.3 is 5.97 Å². The van der Waals surface area contributed by atoms with E-state index >= 15 is 0 Å². The summed E-state index contributed by atoms with van der Waals surface area (Å²) in [7, 11) is 0. The Kier molecular flexibility index (Phi) is 4.76. The van der Waals surface area contributed by atoms with Crippen molar-refractivity contribution >= 4 is 12.0 Å². The highest BCUT2D eigenvalue weighted by Crippen LogP contribution is 2.25. The van der Waals surface area contributed by atoms with Gasteiger partial charge in [0, 0.05) is 0 Å². The van der Waals surface area contributed by atoms with Crippen LogP contribution in [0.3, 0.4) is 0 Å². The molecule has 0 saturated carbocycles. The van der Waals surface area contributed by atoms with Gasteiger partial charge in [-0.05, 0) is 30.2 Å². The molecule has 0 aliphatic rings. The average Bonchev–Trinajstić information content (AvgIpc) is 2.37. The number of ether oxygens (including phenoxy) is 1. The third-order valence-corrected chi connectivity index (χ3v) is 2.09. The molecule has 1 aromatic rings. The van der Waals surface area contributed by atoms with Gasteiger partial charge in [-0.25, -0.2) is 4.79 Å². The van der Waals surface area contributed by atoms with E-state index in [1.165, 1.54) is 24.3 Å². The van der Waals surface area contributed by atoms with Crippen molar-refractivity contribution in [2.75, 3.05) is 6.61 Å². The third-order valence-electron chi connectivity index (χ3n) is 2.09. The number of nitrogens with zero attached hydrogens (tertiary/aromatic N) is 1. The van der Waals surface area contributed by atoms with Crippen LogP contribution in [0.5, 0.6) is 11.5 Å². The fourth-order valence-corrected chi connectivity index (χ4v) is 1.21. The van der Waals surface area contributed by atoms with Crippen LogP contribution in [0.15, 0.2) is 23.8 Å². The number of benzene rings is 1. The van der Waals surface area contributed by atoms with Crippen molar-refractivity contribution < 1.29 is 19.7 Å². The molecule has 0 aliphatic heterocycles. The van der Waals surface area contributed by atoms with Crippen LogP contribution in [0.1, 0.15) is 18.9 Å². The minimum Gasteiger partial charge on any atom is -0.504 e. The number of nitriles is 1. The van der Waals surface area contributed by atoms with Gasteiger partial charge < -0.3 is 14.9 Å². The minimum absolute atomic E-state index is 0.159. The van der Waals surface area contributed by atoms with E-state index in [1.54, 1.807) is 6.07 Å². The van der Waals surface area contributed by atoms with Crippen LogP contribution >= 0.6 is 0 Å². The van der Waals surface area contributed by atoms with Crippen LogP contribution in [0.25, 0.3) is 6.08 Å². The summed E-state index contributed by atoms with van der Waals surface area (Å²) < 4.78 is 4.83. The highest BCUT2D eigenvalue weighted by Gasteiger charge is 2.10. The first-order valence-electron chi connectivity index (χ1n) is 5.39. The Morgan fingerprint density at radius 2 is 2.17 bits per heavy atom. The lowest BCUT2D eigenvalue weighted by Crippen LogP contribution is -2.07. The monoisotopic (exact) mass is 247 g/mol. The van der Waals surface area contributed by atoms with Crippen molar-refractivity contribution in [3.05, 3.63) is 29.3 Å². The van der Waals surface area contributed by atoms with Gasteiger partial charge in [-0.2, -0.15) is 5.26 Å². The largest absolute Gasteiger partial charge is 0.504 e. The molecule has 0 aromatic heterocycles. The van der Waals surface area contributed by atoms with Crippen LogP contribution in [0.4, 0.5) is 0 Å². The lowest BCUT2D eigenvalue weighted by molar-refractivity contribution is -0.138. The maximum absolute atomic E-state index is 11.5. The van der Waals surface area contributed by atoms with E-state index < -0.39 is 5.97 Å². The number of phenolic OH excluding ortho intramolecular Hbond substituents is 2. The lowest BCUT2D eigenvalue weighted by atomic mass is 10.1. The van der Waals surface area contributed by atoms with Gasteiger partial charge in [0.1, 0.15) is 11.6 Å². The van der Waals surface area contributed by atoms with Gasteiger partial charge in [-0.15, -0.1) is 0 Å². The summed E-state index contributed by atoms with van der Waals surface area (Å²) in [6.07, 6.45) is 1.96. The maximum atomic E-state index is 11.5. The zero-order chi connectivity index (χ0) is 13.5. The topological polar surface area (TPSA) is 90.6 Å². The summed E-state index contributed by atoms with van der Waals surface area (Å²) in [5.41, 5.74) is 0.267. The smallest absolute Gasteiger partial charge is 0.348 e. The van der Waals surface area contributed by atoms with E-state index in [0.29, 0.717) is 12.0 Å². The highest BCUT2D eigenvalue weighted by molar-refractivity contribution is 5.97. The third kappa shape index (κ3) is 3.52. The molecule has 0 bridgehead atoms. The second kappa shape index (κ2) is 6.30. The molecule has 0 radical (unpaired) electrons. The molecule has 0 unspecified atom stereocenters. The number of rotatable bonds is 4.